The van der Waals surface area contributed by atoms with Crippen LogP contribution in [-0.2, 0) is 6.42 Å². The molecule has 0 atom stereocenters. The topological polar surface area (TPSA) is 76.7 Å². The maximum atomic E-state index is 13.0. The van der Waals surface area contributed by atoms with Crippen LogP contribution in [0.1, 0.15) is 29.3 Å². The highest BCUT2D eigenvalue weighted by molar-refractivity contribution is 6.31. The lowest BCUT2D eigenvalue weighted by atomic mass is 10.1. The Balaban J connectivity index is 1.51. The Morgan fingerprint density at radius 3 is 2.45 bits per heavy atom. The quantitative estimate of drug-likeness (QED) is 0.322. The third kappa shape index (κ3) is 7.55. The molecular formula is C29H33Cl2N5O2. The maximum Gasteiger partial charge on any atom is 0.317 e. The molecule has 0 aliphatic carbocycles. The summed E-state index contributed by atoms with van der Waals surface area (Å²) in [5, 5.41) is 10.7. The average Bonchev–Trinajstić information content (AvgIpc) is 3.16. The van der Waals surface area contributed by atoms with Crippen LogP contribution in [0.3, 0.4) is 0 Å². The highest BCUT2D eigenvalue weighted by Crippen LogP contribution is 2.32. The molecule has 9 heteroatoms. The van der Waals surface area contributed by atoms with E-state index >= 15 is 0 Å². The van der Waals surface area contributed by atoms with Gasteiger partial charge >= 0.3 is 6.03 Å². The summed E-state index contributed by atoms with van der Waals surface area (Å²) in [5.41, 5.74) is 4.28. The summed E-state index contributed by atoms with van der Waals surface area (Å²) in [6, 6.07) is 20.8. The molecule has 0 aromatic heterocycles. The molecule has 4 rings (SSSR count). The number of hydrogen-bond acceptors (Lipinski definition) is 4. The van der Waals surface area contributed by atoms with Gasteiger partial charge in [0.25, 0.3) is 5.91 Å². The normalized spacial score (nSPS) is 13.6. The summed E-state index contributed by atoms with van der Waals surface area (Å²) >= 11 is 12.2. The van der Waals surface area contributed by atoms with Gasteiger partial charge in [-0.2, -0.15) is 0 Å². The smallest absolute Gasteiger partial charge is 0.317 e. The first-order chi connectivity index (χ1) is 18.4. The van der Waals surface area contributed by atoms with Gasteiger partial charge in [-0.05, 0) is 73.9 Å². The van der Waals surface area contributed by atoms with E-state index in [9.17, 15) is 9.59 Å². The predicted octanol–water partition coefficient (Wildman–Crippen LogP) is 5.95. The number of nitrogens with one attached hydrogen (secondary N) is 3. The second kappa shape index (κ2) is 13.4. The van der Waals surface area contributed by atoms with Gasteiger partial charge in [-0.1, -0.05) is 41.4 Å². The van der Waals surface area contributed by atoms with E-state index in [1.54, 1.807) is 0 Å². The minimum atomic E-state index is -0.141. The van der Waals surface area contributed by atoms with Crippen LogP contribution in [0.5, 0.6) is 0 Å². The maximum absolute atomic E-state index is 13.0. The summed E-state index contributed by atoms with van der Waals surface area (Å²) in [4.78, 5) is 29.5. The van der Waals surface area contributed by atoms with Crippen molar-refractivity contribution >= 4 is 52.2 Å². The molecule has 1 fully saturated rings. The van der Waals surface area contributed by atoms with Gasteiger partial charge in [0.05, 0.1) is 11.4 Å². The van der Waals surface area contributed by atoms with Crippen LogP contribution < -0.4 is 20.9 Å². The van der Waals surface area contributed by atoms with Crippen molar-refractivity contribution in [3.8, 4) is 0 Å². The van der Waals surface area contributed by atoms with Crippen molar-refractivity contribution in [2.24, 2.45) is 0 Å². The predicted molar refractivity (Wildman–Crippen MR) is 156 cm³/mol. The Kier molecular flexibility index (Phi) is 9.73. The zero-order valence-corrected chi connectivity index (χ0v) is 23.0. The van der Waals surface area contributed by atoms with Crippen LogP contribution in [-0.4, -0.2) is 56.1 Å². The Labute approximate surface area is 234 Å². The molecule has 1 saturated heterocycles. The Hall–Kier alpha value is -3.42. The number of carbonyl (C=O) groups is 2. The molecule has 1 heterocycles. The van der Waals surface area contributed by atoms with E-state index < -0.39 is 0 Å². The van der Waals surface area contributed by atoms with E-state index in [4.69, 9.17) is 23.2 Å². The van der Waals surface area contributed by atoms with Crippen molar-refractivity contribution in [1.82, 2.24) is 15.5 Å². The van der Waals surface area contributed by atoms with Crippen LogP contribution in [0.4, 0.5) is 21.9 Å². The molecule has 200 valence electrons. The summed E-state index contributed by atoms with van der Waals surface area (Å²) in [6.45, 7) is 5.85. The molecule has 1 aliphatic heterocycles. The minimum absolute atomic E-state index is 0.0303. The summed E-state index contributed by atoms with van der Waals surface area (Å²) in [7, 11) is 0. The van der Waals surface area contributed by atoms with Crippen molar-refractivity contribution in [3.63, 3.8) is 0 Å². The van der Waals surface area contributed by atoms with E-state index in [0.717, 1.165) is 35.6 Å². The summed E-state index contributed by atoms with van der Waals surface area (Å²) < 4.78 is 0. The third-order valence-corrected chi connectivity index (χ3v) is 6.91. The molecule has 0 unspecified atom stereocenters. The van der Waals surface area contributed by atoms with E-state index in [-0.39, 0.29) is 11.9 Å². The van der Waals surface area contributed by atoms with Gasteiger partial charge in [-0.25, -0.2) is 4.79 Å². The second-order valence-electron chi connectivity index (χ2n) is 9.16. The molecule has 0 radical (unpaired) electrons. The van der Waals surface area contributed by atoms with Gasteiger partial charge in [-0.15, -0.1) is 0 Å². The fraction of sp³-hybridized carbons (Fsp3) is 0.310. The van der Waals surface area contributed by atoms with Gasteiger partial charge in [0.15, 0.2) is 0 Å². The fourth-order valence-electron chi connectivity index (χ4n) is 4.47. The number of nitrogens with zero attached hydrogens (tertiary/aromatic N) is 2. The summed E-state index contributed by atoms with van der Waals surface area (Å²) in [6.07, 6.45) is 1.56. The minimum Gasteiger partial charge on any atom is -0.368 e. The molecule has 38 heavy (non-hydrogen) atoms. The lowest BCUT2D eigenvalue weighted by Gasteiger charge is -2.27. The highest BCUT2D eigenvalue weighted by atomic mass is 35.5. The number of benzene rings is 3. The van der Waals surface area contributed by atoms with Gasteiger partial charge in [0.1, 0.15) is 0 Å². The molecule has 0 bridgehead atoms. The van der Waals surface area contributed by atoms with E-state index in [2.05, 4.69) is 20.9 Å². The van der Waals surface area contributed by atoms with Crippen LogP contribution in [0.15, 0.2) is 66.7 Å². The number of rotatable bonds is 8. The molecule has 7 nitrogen and oxygen atoms in total. The molecule has 1 aliphatic rings. The Morgan fingerprint density at radius 2 is 1.68 bits per heavy atom. The zero-order valence-electron chi connectivity index (χ0n) is 21.5. The van der Waals surface area contributed by atoms with Gasteiger partial charge in [-0.3, -0.25) is 4.79 Å². The van der Waals surface area contributed by atoms with Gasteiger partial charge < -0.3 is 25.8 Å². The molecule has 0 saturated carbocycles. The van der Waals surface area contributed by atoms with Crippen molar-refractivity contribution in [2.45, 2.75) is 19.8 Å². The Bertz CT molecular complexity index is 1250. The lowest BCUT2D eigenvalue weighted by molar-refractivity contribution is 0.0954. The molecule has 3 aromatic rings. The second-order valence-corrected chi connectivity index (χ2v) is 10.0. The first-order valence-corrected chi connectivity index (χ1v) is 13.7. The molecule has 3 N–H and O–H groups in total. The van der Waals surface area contributed by atoms with Crippen LogP contribution in [0.2, 0.25) is 10.0 Å². The standard InChI is InChI=1S/C29H33Cl2N5O2/c1-2-32-29(38)36-16-4-15-35(17-18-36)27-12-9-22(19-26(27)34-25-6-3-5-24(31)20-25)28(37)33-14-13-21-7-10-23(30)11-8-21/h3,5-12,19-20,34H,2,4,13-18H2,1H3,(H,32,38)(H,33,37). The van der Waals surface area contributed by atoms with Crippen LogP contribution in [0.25, 0.3) is 0 Å². The Morgan fingerprint density at radius 1 is 0.868 bits per heavy atom. The monoisotopic (exact) mass is 553 g/mol. The van der Waals surface area contributed by atoms with E-state index in [0.29, 0.717) is 54.8 Å². The molecule has 3 aromatic carbocycles. The third-order valence-electron chi connectivity index (χ3n) is 6.43. The largest absolute Gasteiger partial charge is 0.368 e. The average molecular weight is 555 g/mol. The van der Waals surface area contributed by atoms with Gasteiger partial charge in [0, 0.05) is 60.6 Å². The van der Waals surface area contributed by atoms with Crippen molar-refractivity contribution in [1.29, 1.82) is 0 Å². The number of hydrogen-bond donors (Lipinski definition) is 3. The molecule has 3 amide bonds. The first-order valence-electron chi connectivity index (χ1n) is 12.9. The highest BCUT2D eigenvalue weighted by Gasteiger charge is 2.21. The molecular weight excluding hydrogens is 521 g/mol. The first kappa shape index (κ1) is 27.6. The SMILES string of the molecule is CCNC(=O)N1CCCN(c2ccc(C(=O)NCCc3ccc(Cl)cc3)cc2Nc2cccc(Cl)c2)CC1. The van der Waals surface area contributed by atoms with Crippen molar-refractivity contribution in [3.05, 3.63) is 87.9 Å². The van der Waals surface area contributed by atoms with Crippen LogP contribution in [0, 0.1) is 0 Å². The zero-order chi connectivity index (χ0) is 26.9. The van der Waals surface area contributed by atoms with Gasteiger partial charge in [0.2, 0.25) is 0 Å². The van der Waals surface area contributed by atoms with Crippen molar-refractivity contribution in [2.75, 3.05) is 49.5 Å². The lowest BCUT2D eigenvalue weighted by Crippen LogP contribution is -2.42. The molecule has 0 spiro atoms. The summed E-state index contributed by atoms with van der Waals surface area (Å²) in [5.74, 6) is -0.141. The van der Waals surface area contributed by atoms with E-state index in [1.165, 1.54) is 0 Å². The van der Waals surface area contributed by atoms with E-state index in [1.807, 2.05) is 78.6 Å². The number of halogens is 2. The number of anilines is 3. The number of urea groups is 1. The number of amides is 3. The van der Waals surface area contributed by atoms with Crippen LogP contribution >= 0.6 is 23.2 Å². The fourth-order valence-corrected chi connectivity index (χ4v) is 4.79. The van der Waals surface area contributed by atoms with Crippen molar-refractivity contribution < 1.29 is 9.59 Å². The number of carbonyl (C=O) groups excluding carboxylic acids is 2.